The standard InChI is InChI=1S/C4H8N6.H2O3S/c5-1-2(6)9-4(8)10-3(1)7;1-4(2)3/h5H2,(H6,6,7,8,9,10);(H2,1,2,3)/p-2. The number of hydrogen-bond acceptors (Lipinski definition) is 9. The summed E-state index contributed by atoms with van der Waals surface area (Å²) in [6, 6.07) is 0. The first-order chi connectivity index (χ1) is 6.34. The molecule has 1 rings (SSSR count). The van der Waals surface area contributed by atoms with Crippen molar-refractivity contribution < 1.29 is 13.3 Å². The molecule has 9 nitrogen and oxygen atoms in total. The molecule has 0 aliphatic carbocycles. The van der Waals surface area contributed by atoms with Gasteiger partial charge in [0.1, 0.15) is 5.69 Å². The SMILES string of the molecule is Nc1nc(N)c(N)c(N)n1.O=S([O-])[O-]. The maximum absolute atomic E-state index is 8.44. The van der Waals surface area contributed by atoms with Crippen molar-refractivity contribution in [2.24, 2.45) is 0 Å². The third-order valence-electron chi connectivity index (χ3n) is 1.02. The third-order valence-corrected chi connectivity index (χ3v) is 1.02. The predicted octanol–water partition coefficient (Wildman–Crippen LogP) is -2.20. The van der Waals surface area contributed by atoms with E-state index in [-0.39, 0.29) is 23.3 Å². The van der Waals surface area contributed by atoms with Crippen molar-refractivity contribution in [2.75, 3.05) is 22.9 Å². The monoisotopic (exact) mass is 220 g/mol. The maximum Gasteiger partial charge on any atom is 0.224 e. The highest BCUT2D eigenvalue weighted by atomic mass is 32.2. The molecule has 0 spiro atoms. The molecule has 80 valence electrons. The molecule has 1 aromatic heterocycles. The largest absolute Gasteiger partial charge is 0.784 e. The van der Waals surface area contributed by atoms with Gasteiger partial charge in [-0.3, -0.25) is 4.21 Å². The molecule has 0 amide bonds. The van der Waals surface area contributed by atoms with Crippen molar-refractivity contribution in [1.82, 2.24) is 9.97 Å². The molecule has 0 aliphatic heterocycles. The Morgan fingerprint density at radius 3 is 1.57 bits per heavy atom. The van der Waals surface area contributed by atoms with E-state index in [1.165, 1.54) is 0 Å². The van der Waals surface area contributed by atoms with Crippen molar-refractivity contribution in [3.8, 4) is 0 Å². The zero-order chi connectivity index (χ0) is 11.3. The summed E-state index contributed by atoms with van der Waals surface area (Å²) in [6.07, 6.45) is 0. The van der Waals surface area contributed by atoms with Crippen LogP contribution in [0.5, 0.6) is 0 Å². The Hall–Kier alpha value is -1.65. The van der Waals surface area contributed by atoms with Crippen LogP contribution in [0.4, 0.5) is 23.3 Å². The van der Waals surface area contributed by atoms with Gasteiger partial charge in [-0.15, -0.1) is 11.4 Å². The minimum absolute atomic E-state index is 0.0317. The fourth-order valence-corrected chi connectivity index (χ4v) is 0.523. The smallest absolute Gasteiger partial charge is 0.224 e. The van der Waals surface area contributed by atoms with Crippen molar-refractivity contribution in [2.45, 2.75) is 0 Å². The second-order valence-electron chi connectivity index (χ2n) is 1.97. The molecule has 0 saturated heterocycles. The van der Waals surface area contributed by atoms with Crippen LogP contribution < -0.4 is 22.9 Å². The van der Waals surface area contributed by atoms with E-state index in [9.17, 15) is 0 Å². The summed E-state index contributed by atoms with van der Waals surface area (Å²) in [4.78, 5) is 7.15. The highest BCUT2D eigenvalue weighted by Gasteiger charge is 2.02. The van der Waals surface area contributed by atoms with Gasteiger partial charge in [-0.05, 0) is 0 Å². The lowest BCUT2D eigenvalue weighted by Crippen LogP contribution is -2.07. The van der Waals surface area contributed by atoms with Gasteiger partial charge in [0.25, 0.3) is 0 Å². The molecule has 14 heavy (non-hydrogen) atoms. The lowest BCUT2D eigenvalue weighted by molar-refractivity contribution is 0.419. The summed E-state index contributed by atoms with van der Waals surface area (Å²) >= 11 is -3.11. The van der Waals surface area contributed by atoms with E-state index in [0.717, 1.165) is 0 Å². The fourth-order valence-electron chi connectivity index (χ4n) is 0.523. The average Bonchev–Trinajstić information content (AvgIpc) is 1.98. The van der Waals surface area contributed by atoms with E-state index >= 15 is 0 Å². The Morgan fingerprint density at radius 2 is 1.29 bits per heavy atom. The molecule has 1 aromatic rings. The molecule has 0 aliphatic rings. The number of hydrogen-bond donors (Lipinski definition) is 4. The van der Waals surface area contributed by atoms with Crippen LogP contribution >= 0.6 is 0 Å². The fraction of sp³-hybridized carbons (Fsp3) is 0. The molecule has 1 heterocycles. The van der Waals surface area contributed by atoms with Crippen LogP contribution in [0, 0.1) is 0 Å². The quantitative estimate of drug-likeness (QED) is 0.351. The van der Waals surface area contributed by atoms with Crippen LogP contribution in [0.25, 0.3) is 0 Å². The van der Waals surface area contributed by atoms with Crippen molar-refractivity contribution in [3.05, 3.63) is 0 Å². The Morgan fingerprint density at radius 1 is 1.00 bits per heavy atom. The average molecular weight is 220 g/mol. The summed E-state index contributed by atoms with van der Waals surface area (Å²) < 4.78 is 25.3. The molecule has 10 heteroatoms. The Balaban J connectivity index is 0.000000364. The molecule has 0 aromatic carbocycles. The minimum Gasteiger partial charge on any atom is -0.784 e. The third kappa shape index (κ3) is 4.39. The van der Waals surface area contributed by atoms with Gasteiger partial charge in [-0.25, -0.2) is 0 Å². The normalized spacial score (nSPS) is 9.36. The van der Waals surface area contributed by atoms with Crippen LogP contribution in [-0.2, 0) is 11.4 Å². The number of nitrogens with two attached hydrogens (primary N) is 4. The summed E-state index contributed by atoms with van der Waals surface area (Å²) in [5.74, 6) is 0.263. The number of anilines is 4. The first-order valence-corrected chi connectivity index (χ1v) is 4.05. The summed E-state index contributed by atoms with van der Waals surface area (Å²) in [7, 11) is 0. The van der Waals surface area contributed by atoms with E-state index in [2.05, 4.69) is 9.97 Å². The number of aromatic nitrogens is 2. The molecule has 0 atom stereocenters. The molecular weight excluding hydrogens is 212 g/mol. The summed E-state index contributed by atoms with van der Waals surface area (Å²) in [5.41, 5.74) is 21.3. The molecular formula is C4H8N6O3S-2. The van der Waals surface area contributed by atoms with Crippen LogP contribution in [0.15, 0.2) is 0 Å². The number of nitrogens with zero attached hydrogens (tertiary/aromatic N) is 2. The lowest BCUT2D eigenvalue weighted by Gasteiger charge is -2.03. The number of nitrogen functional groups attached to an aromatic ring is 4. The Labute approximate surface area is 81.6 Å². The summed E-state index contributed by atoms with van der Waals surface area (Å²) in [6.45, 7) is 0. The van der Waals surface area contributed by atoms with Gasteiger partial charge in [0.2, 0.25) is 5.95 Å². The van der Waals surface area contributed by atoms with Crippen LogP contribution in [0.2, 0.25) is 0 Å². The topological polar surface area (TPSA) is 193 Å². The van der Waals surface area contributed by atoms with Gasteiger partial charge in [0.15, 0.2) is 11.6 Å². The van der Waals surface area contributed by atoms with E-state index in [0.29, 0.717) is 0 Å². The zero-order valence-electron chi connectivity index (χ0n) is 6.84. The second-order valence-corrected chi connectivity index (χ2v) is 2.38. The van der Waals surface area contributed by atoms with E-state index < -0.39 is 11.4 Å². The maximum atomic E-state index is 8.44. The minimum atomic E-state index is -3.11. The van der Waals surface area contributed by atoms with E-state index in [4.69, 9.17) is 36.2 Å². The second kappa shape index (κ2) is 5.16. The lowest BCUT2D eigenvalue weighted by atomic mass is 10.4. The van der Waals surface area contributed by atoms with Crippen LogP contribution in [-0.4, -0.2) is 23.3 Å². The molecule has 0 fully saturated rings. The van der Waals surface area contributed by atoms with Gasteiger partial charge < -0.3 is 32.0 Å². The Kier molecular flexibility index (Phi) is 4.55. The molecule has 0 bridgehead atoms. The molecule has 0 unspecified atom stereocenters. The van der Waals surface area contributed by atoms with Gasteiger partial charge in [0, 0.05) is 0 Å². The van der Waals surface area contributed by atoms with Crippen molar-refractivity contribution >= 4 is 34.6 Å². The highest BCUT2D eigenvalue weighted by Crippen LogP contribution is 2.17. The van der Waals surface area contributed by atoms with Crippen molar-refractivity contribution in [3.63, 3.8) is 0 Å². The predicted molar refractivity (Wildman–Crippen MR) is 49.4 cm³/mol. The zero-order valence-corrected chi connectivity index (χ0v) is 7.65. The number of rotatable bonds is 0. The first-order valence-electron chi connectivity index (χ1n) is 3.05. The highest BCUT2D eigenvalue weighted by molar-refractivity contribution is 7.72. The summed E-state index contributed by atoms with van der Waals surface area (Å²) in [5, 5.41) is 0. The Bertz CT molecular complexity index is 317. The van der Waals surface area contributed by atoms with Gasteiger partial charge in [0.05, 0.1) is 0 Å². The van der Waals surface area contributed by atoms with Gasteiger partial charge >= 0.3 is 0 Å². The van der Waals surface area contributed by atoms with Crippen LogP contribution in [0.3, 0.4) is 0 Å². The van der Waals surface area contributed by atoms with Gasteiger partial charge in [-0.1, -0.05) is 0 Å². The van der Waals surface area contributed by atoms with E-state index in [1.807, 2.05) is 0 Å². The first kappa shape index (κ1) is 12.3. The molecule has 0 radical (unpaired) electrons. The molecule has 8 N–H and O–H groups in total. The van der Waals surface area contributed by atoms with E-state index in [1.54, 1.807) is 0 Å². The van der Waals surface area contributed by atoms with Gasteiger partial charge in [-0.2, -0.15) is 9.97 Å². The molecule has 0 saturated carbocycles. The van der Waals surface area contributed by atoms with Crippen molar-refractivity contribution in [1.29, 1.82) is 0 Å². The van der Waals surface area contributed by atoms with Crippen LogP contribution in [0.1, 0.15) is 0 Å².